The van der Waals surface area contributed by atoms with Gasteiger partial charge in [0, 0.05) is 23.5 Å². The van der Waals surface area contributed by atoms with Crippen molar-refractivity contribution in [1.82, 2.24) is 20.2 Å². The van der Waals surface area contributed by atoms with Crippen molar-refractivity contribution < 1.29 is 4.79 Å². The van der Waals surface area contributed by atoms with E-state index < -0.39 is 0 Å². The molecule has 0 aliphatic carbocycles. The van der Waals surface area contributed by atoms with Crippen LogP contribution in [0.3, 0.4) is 0 Å². The van der Waals surface area contributed by atoms with Crippen LogP contribution in [0.1, 0.15) is 52.4 Å². The van der Waals surface area contributed by atoms with Crippen LogP contribution in [0, 0.1) is 13.8 Å². The smallest absolute Gasteiger partial charge is 0.251 e. The van der Waals surface area contributed by atoms with Gasteiger partial charge in [0.05, 0.1) is 6.54 Å². The van der Waals surface area contributed by atoms with Crippen molar-refractivity contribution in [3.8, 4) is 0 Å². The number of hydrogen-bond acceptors (Lipinski definition) is 4. The summed E-state index contributed by atoms with van der Waals surface area (Å²) in [6.07, 6.45) is 3.93. The van der Waals surface area contributed by atoms with Gasteiger partial charge in [-0.1, -0.05) is 18.6 Å². The molecule has 1 N–H and O–H groups in total. The van der Waals surface area contributed by atoms with E-state index in [1.165, 1.54) is 37.9 Å². The Labute approximate surface area is 149 Å². The van der Waals surface area contributed by atoms with E-state index in [1.807, 2.05) is 32.0 Å². The van der Waals surface area contributed by atoms with Crippen molar-refractivity contribution in [3.05, 3.63) is 58.7 Å². The standard InChI is InChI=1S/C20H26N4O/c1-15-12-16(2)23-19(22-15)13-21-20(25)18-8-6-17(7-9-18)14-24-10-4-3-5-11-24/h6-9,12H,3-5,10-11,13-14H2,1-2H3,(H,21,25). The molecule has 3 rings (SSSR count). The minimum Gasteiger partial charge on any atom is -0.345 e. The van der Waals surface area contributed by atoms with Gasteiger partial charge < -0.3 is 5.32 Å². The molecule has 0 spiro atoms. The van der Waals surface area contributed by atoms with Gasteiger partial charge in [-0.2, -0.15) is 0 Å². The van der Waals surface area contributed by atoms with E-state index in [9.17, 15) is 4.79 Å². The number of aromatic nitrogens is 2. The van der Waals surface area contributed by atoms with Gasteiger partial charge in [0.15, 0.2) is 0 Å². The topological polar surface area (TPSA) is 58.1 Å². The van der Waals surface area contributed by atoms with Crippen LogP contribution in [0.15, 0.2) is 30.3 Å². The molecule has 1 saturated heterocycles. The Morgan fingerprint density at radius 1 is 1.04 bits per heavy atom. The molecule has 2 aromatic rings. The highest BCUT2D eigenvalue weighted by molar-refractivity contribution is 5.94. The summed E-state index contributed by atoms with van der Waals surface area (Å²) in [4.78, 5) is 23.5. The summed E-state index contributed by atoms with van der Waals surface area (Å²) >= 11 is 0. The van der Waals surface area contributed by atoms with Crippen molar-refractivity contribution in [2.45, 2.75) is 46.2 Å². The van der Waals surface area contributed by atoms with Gasteiger partial charge >= 0.3 is 0 Å². The lowest BCUT2D eigenvalue weighted by atomic mass is 10.1. The van der Waals surface area contributed by atoms with E-state index in [0.717, 1.165) is 17.9 Å². The first-order chi connectivity index (χ1) is 12.1. The molecule has 1 amide bonds. The van der Waals surface area contributed by atoms with E-state index in [4.69, 9.17) is 0 Å². The van der Waals surface area contributed by atoms with Crippen LogP contribution in [-0.4, -0.2) is 33.9 Å². The van der Waals surface area contributed by atoms with Crippen LogP contribution in [0.25, 0.3) is 0 Å². The van der Waals surface area contributed by atoms with Gasteiger partial charge in [0.25, 0.3) is 5.91 Å². The zero-order valence-electron chi connectivity index (χ0n) is 15.1. The molecule has 132 valence electrons. The second kappa shape index (κ2) is 8.21. The van der Waals surface area contributed by atoms with E-state index in [1.54, 1.807) is 0 Å². The van der Waals surface area contributed by atoms with Crippen LogP contribution in [0.2, 0.25) is 0 Å². The zero-order chi connectivity index (χ0) is 17.6. The number of hydrogen-bond donors (Lipinski definition) is 1. The second-order valence-corrected chi connectivity index (χ2v) is 6.78. The Bertz CT molecular complexity index is 701. The van der Waals surface area contributed by atoms with Crippen LogP contribution in [-0.2, 0) is 13.1 Å². The molecule has 5 nitrogen and oxygen atoms in total. The molecule has 2 heterocycles. The van der Waals surface area contributed by atoms with Crippen molar-refractivity contribution >= 4 is 5.91 Å². The first-order valence-corrected chi connectivity index (χ1v) is 9.01. The maximum Gasteiger partial charge on any atom is 0.251 e. The van der Waals surface area contributed by atoms with Gasteiger partial charge in [-0.05, 0) is 63.5 Å². The molecule has 5 heteroatoms. The molecule has 0 atom stereocenters. The molecule has 1 aromatic carbocycles. The summed E-state index contributed by atoms with van der Waals surface area (Å²) < 4.78 is 0. The highest BCUT2D eigenvalue weighted by Gasteiger charge is 2.11. The van der Waals surface area contributed by atoms with E-state index in [-0.39, 0.29) is 5.91 Å². The number of nitrogens with one attached hydrogen (secondary N) is 1. The molecule has 1 fully saturated rings. The Balaban J connectivity index is 1.55. The number of piperidine rings is 1. The predicted octanol–water partition coefficient (Wildman–Crippen LogP) is 3.01. The van der Waals surface area contributed by atoms with Crippen molar-refractivity contribution in [2.75, 3.05) is 13.1 Å². The largest absolute Gasteiger partial charge is 0.345 e. The van der Waals surface area contributed by atoms with E-state index in [2.05, 4.69) is 32.3 Å². The van der Waals surface area contributed by atoms with E-state index >= 15 is 0 Å². The lowest BCUT2D eigenvalue weighted by Gasteiger charge is -2.26. The third-order valence-electron chi connectivity index (χ3n) is 4.51. The number of rotatable bonds is 5. The number of aryl methyl sites for hydroxylation is 2. The Morgan fingerprint density at radius 2 is 1.68 bits per heavy atom. The quantitative estimate of drug-likeness (QED) is 0.910. The molecule has 1 aromatic heterocycles. The zero-order valence-corrected chi connectivity index (χ0v) is 15.1. The van der Waals surface area contributed by atoms with E-state index in [0.29, 0.717) is 17.9 Å². The predicted molar refractivity (Wildman–Crippen MR) is 98.2 cm³/mol. The summed E-state index contributed by atoms with van der Waals surface area (Å²) in [5.74, 6) is 0.555. The lowest BCUT2D eigenvalue weighted by molar-refractivity contribution is 0.0949. The molecule has 1 aliphatic rings. The molecular formula is C20H26N4O. The molecular weight excluding hydrogens is 312 g/mol. The monoisotopic (exact) mass is 338 g/mol. The molecule has 0 unspecified atom stereocenters. The number of likely N-dealkylation sites (tertiary alicyclic amines) is 1. The molecule has 0 saturated carbocycles. The average Bonchev–Trinajstić information content (AvgIpc) is 2.60. The average molecular weight is 338 g/mol. The minimum atomic E-state index is -0.0905. The Morgan fingerprint density at radius 3 is 2.32 bits per heavy atom. The number of amides is 1. The van der Waals surface area contributed by atoms with Crippen LogP contribution >= 0.6 is 0 Å². The molecule has 1 aliphatic heterocycles. The third kappa shape index (κ3) is 5.10. The maximum atomic E-state index is 12.3. The number of nitrogens with zero attached hydrogens (tertiary/aromatic N) is 3. The normalized spacial score (nSPS) is 15.1. The van der Waals surface area contributed by atoms with Crippen molar-refractivity contribution in [3.63, 3.8) is 0 Å². The van der Waals surface area contributed by atoms with Crippen molar-refractivity contribution in [2.24, 2.45) is 0 Å². The lowest BCUT2D eigenvalue weighted by Crippen LogP contribution is -2.29. The summed E-state index contributed by atoms with van der Waals surface area (Å²) in [6, 6.07) is 9.83. The first-order valence-electron chi connectivity index (χ1n) is 9.01. The highest BCUT2D eigenvalue weighted by Crippen LogP contribution is 2.13. The highest BCUT2D eigenvalue weighted by atomic mass is 16.1. The van der Waals surface area contributed by atoms with Crippen LogP contribution in [0.4, 0.5) is 0 Å². The fourth-order valence-corrected chi connectivity index (χ4v) is 3.28. The SMILES string of the molecule is Cc1cc(C)nc(CNC(=O)c2ccc(CN3CCCCC3)cc2)n1. The third-order valence-corrected chi connectivity index (χ3v) is 4.51. The first kappa shape index (κ1) is 17.5. The summed E-state index contributed by atoms with van der Waals surface area (Å²) in [7, 11) is 0. The van der Waals surface area contributed by atoms with Gasteiger partial charge in [0.1, 0.15) is 5.82 Å². The summed E-state index contributed by atoms with van der Waals surface area (Å²) in [6.45, 7) is 7.54. The van der Waals surface area contributed by atoms with Gasteiger partial charge in [-0.25, -0.2) is 9.97 Å². The summed E-state index contributed by atoms with van der Waals surface area (Å²) in [5, 5.41) is 2.90. The fraction of sp³-hybridized carbons (Fsp3) is 0.450. The molecule has 0 bridgehead atoms. The minimum absolute atomic E-state index is 0.0905. The summed E-state index contributed by atoms with van der Waals surface area (Å²) in [5.41, 5.74) is 3.76. The number of benzene rings is 1. The Kier molecular flexibility index (Phi) is 5.76. The van der Waals surface area contributed by atoms with Gasteiger partial charge in [0.2, 0.25) is 0 Å². The molecule has 0 radical (unpaired) electrons. The fourth-order valence-electron chi connectivity index (χ4n) is 3.28. The maximum absolute atomic E-state index is 12.3. The van der Waals surface area contributed by atoms with Gasteiger partial charge in [-0.15, -0.1) is 0 Å². The second-order valence-electron chi connectivity index (χ2n) is 6.78. The van der Waals surface area contributed by atoms with Gasteiger partial charge in [-0.3, -0.25) is 9.69 Å². The van der Waals surface area contributed by atoms with Crippen molar-refractivity contribution in [1.29, 1.82) is 0 Å². The Hall–Kier alpha value is -2.27. The number of carbonyl (C=O) groups is 1. The number of carbonyl (C=O) groups excluding carboxylic acids is 1. The van der Waals surface area contributed by atoms with Crippen LogP contribution < -0.4 is 5.32 Å². The molecule has 25 heavy (non-hydrogen) atoms. The van der Waals surface area contributed by atoms with Crippen LogP contribution in [0.5, 0.6) is 0 Å².